The quantitative estimate of drug-likeness (QED) is 0.509. The summed E-state index contributed by atoms with van der Waals surface area (Å²) in [5.74, 6) is -0.467. The molecule has 2 aliphatic rings. The van der Waals surface area contributed by atoms with Gasteiger partial charge in [-0.15, -0.1) is 0 Å². The highest BCUT2D eigenvalue weighted by molar-refractivity contribution is 7.92. The summed E-state index contributed by atoms with van der Waals surface area (Å²) in [5.41, 5.74) is 2.68. The molecule has 0 spiro atoms. The van der Waals surface area contributed by atoms with E-state index in [2.05, 4.69) is 31.6 Å². The van der Waals surface area contributed by atoms with E-state index in [1.54, 1.807) is 6.07 Å². The van der Waals surface area contributed by atoms with E-state index < -0.39 is 15.8 Å². The van der Waals surface area contributed by atoms with Crippen LogP contribution in [0, 0.1) is 5.82 Å². The van der Waals surface area contributed by atoms with Gasteiger partial charge < -0.3 is 4.90 Å². The van der Waals surface area contributed by atoms with E-state index >= 15 is 0 Å². The number of piperidine rings is 2. The van der Waals surface area contributed by atoms with Gasteiger partial charge in [-0.05, 0) is 86.8 Å². The lowest BCUT2D eigenvalue weighted by atomic mass is 9.93. The Kier molecular flexibility index (Phi) is 7.02. The molecule has 0 amide bonds. The zero-order chi connectivity index (χ0) is 24.3. The summed E-state index contributed by atoms with van der Waals surface area (Å²) < 4.78 is 41.2. The molecule has 0 bridgehead atoms. The first-order chi connectivity index (χ1) is 17.0. The summed E-state index contributed by atoms with van der Waals surface area (Å²) in [6, 6.07) is 19.5. The summed E-state index contributed by atoms with van der Waals surface area (Å²) in [7, 11) is -3.78. The second-order valence-corrected chi connectivity index (χ2v) is 11.0. The van der Waals surface area contributed by atoms with Crippen LogP contribution in [0.4, 0.5) is 15.8 Å². The van der Waals surface area contributed by atoms with Crippen LogP contribution in [0.15, 0.2) is 77.8 Å². The van der Waals surface area contributed by atoms with Crippen molar-refractivity contribution in [3.63, 3.8) is 0 Å². The minimum Gasteiger partial charge on any atom is -0.371 e. The largest absolute Gasteiger partial charge is 0.371 e. The van der Waals surface area contributed by atoms with Crippen molar-refractivity contribution in [2.24, 2.45) is 0 Å². The highest BCUT2D eigenvalue weighted by atomic mass is 32.2. The van der Waals surface area contributed by atoms with E-state index in [0.29, 0.717) is 17.8 Å². The Bertz CT molecular complexity index is 1230. The van der Waals surface area contributed by atoms with Crippen LogP contribution < -0.4 is 9.62 Å². The molecule has 0 saturated carbocycles. The Morgan fingerprint density at radius 1 is 0.886 bits per heavy atom. The van der Waals surface area contributed by atoms with Gasteiger partial charge in [0.2, 0.25) is 0 Å². The lowest BCUT2D eigenvalue weighted by molar-refractivity contribution is 0.0773. The number of hydrogen-bond donors (Lipinski definition) is 1. The lowest BCUT2D eigenvalue weighted by Gasteiger charge is -2.45. The Labute approximate surface area is 206 Å². The zero-order valence-corrected chi connectivity index (χ0v) is 20.5. The van der Waals surface area contributed by atoms with Crippen LogP contribution in [0.2, 0.25) is 0 Å². The van der Waals surface area contributed by atoms with Crippen LogP contribution in [0.5, 0.6) is 0 Å². The third-order valence-corrected chi connectivity index (χ3v) is 8.49. The molecule has 1 N–H and O–H groups in total. The topological polar surface area (TPSA) is 65.5 Å². The average Bonchev–Trinajstić information content (AvgIpc) is 2.89. The van der Waals surface area contributed by atoms with Crippen molar-refractivity contribution >= 4 is 21.4 Å². The molecular weight excluding hydrogens is 463 g/mol. The minimum atomic E-state index is -3.78. The van der Waals surface area contributed by atoms with E-state index in [-0.39, 0.29) is 4.90 Å². The SMILES string of the molecule is O=S(=O)(Nc1cccc(N2CCC(N3CCCC[C@@H]3c3ccccn3)CC2)c1)c1ccc(F)cc1. The maximum atomic E-state index is 13.2. The molecule has 2 saturated heterocycles. The molecule has 2 aliphatic heterocycles. The number of halogens is 1. The van der Waals surface area contributed by atoms with Gasteiger partial charge in [0, 0.05) is 31.0 Å². The normalized spacial score (nSPS) is 20.0. The van der Waals surface area contributed by atoms with Gasteiger partial charge in [-0.2, -0.15) is 0 Å². The maximum Gasteiger partial charge on any atom is 0.261 e. The van der Waals surface area contributed by atoms with E-state index in [4.69, 9.17) is 0 Å². The number of likely N-dealkylation sites (tertiary alicyclic amines) is 1. The third-order valence-electron chi connectivity index (χ3n) is 7.09. The molecule has 3 heterocycles. The van der Waals surface area contributed by atoms with E-state index in [1.165, 1.54) is 30.7 Å². The van der Waals surface area contributed by atoms with Crippen molar-refractivity contribution in [3.05, 3.63) is 84.4 Å². The summed E-state index contributed by atoms with van der Waals surface area (Å²) in [4.78, 5) is 9.67. The van der Waals surface area contributed by atoms with Crippen LogP contribution in [0.3, 0.4) is 0 Å². The number of nitrogens with one attached hydrogen (secondary N) is 1. The number of hydrogen-bond acceptors (Lipinski definition) is 5. The number of rotatable bonds is 6. The van der Waals surface area contributed by atoms with Crippen molar-refractivity contribution in [1.29, 1.82) is 0 Å². The molecule has 8 heteroatoms. The van der Waals surface area contributed by atoms with Crippen molar-refractivity contribution < 1.29 is 12.8 Å². The number of aromatic nitrogens is 1. The average molecular weight is 495 g/mol. The number of sulfonamides is 1. The molecule has 0 radical (unpaired) electrons. The molecular formula is C27H31FN4O2S. The molecule has 2 fully saturated rings. The fraction of sp³-hybridized carbons (Fsp3) is 0.370. The lowest BCUT2D eigenvalue weighted by Crippen LogP contribution is -2.48. The molecule has 184 valence electrons. The molecule has 0 aliphatic carbocycles. The van der Waals surface area contributed by atoms with Crippen molar-refractivity contribution in [3.8, 4) is 0 Å². The van der Waals surface area contributed by atoms with E-state index in [9.17, 15) is 12.8 Å². The van der Waals surface area contributed by atoms with Crippen molar-refractivity contribution in [2.75, 3.05) is 29.3 Å². The van der Waals surface area contributed by atoms with Crippen LogP contribution in [-0.4, -0.2) is 44.0 Å². The van der Waals surface area contributed by atoms with Crippen LogP contribution >= 0.6 is 0 Å². The maximum absolute atomic E-state index is 13.2. The zero-order valence-electron chi connectivity index (χ0n) is 19.7. The van der Waals surface area contributed by atoms with Crippen LogP contribution in [0.25, 0.3) is 0 Å². The van der Waals surface area contributed by atoms with Gasteiger partial charge in [-0.25, -0.2) is 12.8 Å². The number of nitrogens with zero attached hydrogens (tertiary/aromatic N) is 3. The Morgan fingerprint density at radius 3 is 2.43 bits per heavy atom. The molecule has 1 atom stereocenters. The molecule has 1 aromatic heterocycles. The fourth-order valence-electron chi connectivity index (χ4n) is 5.33. The second-order valence-electron chi connectivity index (χ2n) is 9.33. The molecule has 35 heavy (non-hydrogen) atoms. The Hall–Kier alpha value is -2.97. The Balaban J connectivity index is 1.24. The van der Waals surface area contributed by atoms with Crippen molar-refractivity contribution in [1.82, 2.24) is 9.88 Å². The van der Waals surface area contributed by atoms with Gasteiger partial charge in [0.1, 0.15) is 5.82 Å². The standard InChI is InChI=1S/C27H31FN4O2S/c28-21-10-12-25(13-11-21)35(33,34)30-22-6-5-7-24(20-22)31-18-14-23(15-19-31)32-17-4-2-9-27(32)26-8-1-3-16-29-26/h1,3,5-8,10-13,16,20,23,27,30H,2,4,9,14-15,17-19H2/t27-/m1/s1. The van der Waals surface area contributed by atoms with Gasteiger partial charge in [0.25, 0.3) is 10.0 Å². The molecule has 5 rings (SSSR count). The summed E-state index contributed by atoms with van der Waals surface area (Å²) in [6.45, 7) is 2.96. The monoisotopic (exact) mass is 494 g/mol. The van der Waals surface area contributed by atoms with Gasteiger partial charge >= 0.3 is 0 Å². The number of pyridine rings is 1. The van der Waals surface area contributed by atoms with Crippen LogP contribution in [-0.2, 0) is 10.0 Å². The van der Waals surface area contributed by atoms with E-state index in [0.717, 1.165) is 56.7 Å². The number of anilines is 2. The Morgan fingerprint density at radius 2 is 1.69 bits per heavy atom. The smallest absolute Gasteiger partial charge is 0.261 e. The fourth-order valence-corrected chi connectivity index (χ4v) is 6.38. The predicted octanol–water partition coefficient (Wildman–Crippen LogP) is 5.22. The van der Waals surface area contributed by atoms with Gasteiger partial charge in [-0.1, -0.05) is 18.6 Å². The summed E-state index contributed by atoms with van der Waals surface area (Å²) in [5, 5.41) is 0. The highest BCUT2D eigenvalue weighted by Crippen LogP contribution is 2.35. The van der Waals surface area contributed by atoms with E-state index in [1.807, 2.05) is 30.5 Å². The molecule has 0 unspecified atom stereocenters. The minimum absolute atomic E-state index is 0.0362. The predicted molar refractivity (Wildman–Crippen MR) is 136 cm³/mol. The first-order valence-corrected chi connectivity index (χ1v) is 13.8. The molecule has 3 aromatic rings. The van der Waals surface area contributed by atoms with Crippen LogP contribution in [0.1, 0.15) is 43.8 Å². The van der Waals surface area contributed by atoms with Gasteiger partial charge in [0.05, 0.1) is 22.3 Å². The van der Waals surface area contributed by atoms with Gasteiger partial charge in [-0.3, -0.25) is 14.6 Å². The molecule has 2 aromatic carbocycles. The van der Waals surface area contributed by atoms with Crippen molar-refractivity contribution in [2.45, 2.75) is 49.1 Å². The third kappa shape index (κ3) is 5.49. The summed E-state index contributed by atoms with van der Waals surface area (Å²) >= 11 is 0. The first kappa shape index (κ1) is 23.8. The highest BCUT2D eigenvalue weighted by Gasteiger charge is 2.32. The second kappa shape index (κ2) is 10.3. The summed E-state index contributed by atoms with van der Waals surface area (Å²) in [6.07, 6.45) is 7.66. The molecule has 6 nitrogen and oxygen atoms in total. The van der Waals surface area contributed by atoms with Gasteiger partial charge in [0.15, 0.2) is 0 Å². The first-order valence-electron chi connectivity index (χ1n) is 12.3. The number of benzene rings is 2.